The first kappa shape index (κ1) is 28.1. The van der Waals surface area contributed by atoms with Gasteiger partial charge in [-0.2, -0.15) is 0 Å². The van der Waals surface area contributed by atoms with Crippen LogP contribution in [0, 0.1) is 0 Å². The standard InChI is InChI=1S/C29H40N6O2/c1-7-34(8-2)16-12-13-17-35(21(3)36)26-19-25-23(20-30-26)18-24(22-14-10-9-11-15-22)27(31-25)32-28(37)33-29(4,5)6/h9-11,14-15,18-20H,7-8,12-13,16-17H2,1-6H3,(H2,31,32,33,37). The SMILES string of the molecule is CCN(CC)CCCCN(C(C)=O)c1cc2nc(NC(=O)NC(C)(C)C)c(-c3ccccc3)cc2cn1. The van der Waals surface area contributed by atoms with E-state index in [0.717, 1.165) is 49.0 Å². The van der Waals surface area contributed by atoms with Crippen molar-refractivity contribution in [3.05, 3.63) is 48.7 Å². The number of urea groups is 1. The highest BCUT2D eigenvalue weighted by Crippen LogP contribution is 2.31. The van der Waals surface area contributed by atoms with E-state index in [1.54, 1.807) is 18.0 Å². The summed E-state index contributed by atoms with van der Waals surface area (Å²) in [4.78, 5) is 38.7. The summed E-state index contributed by atoms with van der Waals surface area (Å²) >= 11 is 0. The van der Waals surface area contributed by atoms with Gasteiger partial charge in [0.1, 0.15) is 11.6 Å². The molecule has 1 aromatic carbocycles. The van der Waals surface area contributed by atoms with Crippen molar-refractivity contribution in [3.63, 3.8) is 0 Å². The van der Waals surface area contributed by atoms with Crippen molar-refractivity contribution in [1.29, 1.82) is 0 Å². The summed E-state index contributed by atoms with van der Waals surface area (Å²) in [5, 5.41) is 6.68. The summed E-state index contributed by atoms with van der Waals surface area (Å²) in [5.74, 6) is 0.956. The molecule has 0 radical (unpaired) electrons. The molecule has 0 saturated carbocycles. The first-order valence-corrected chi connectivity index (χ1v) is 13.1. The minimum absolute atomic E-state index is 0.0569. The highest BCUT2D eigenvalue weighted by atomic mass is 16.2. The number of hydrogen-bond donors (Lipinski definition) is 2. The van der Waals surface area contributed by atoms with Crippen molar-refractivity contribution in [3.8, 4) is 11.1 Å². The van der Waals surface area contributed by atoms with Crippen LogP contribution < -0.4 is 15.5 Å². The van der Waals surface area contributed by atoms with Crippen LogP contribution in [0.5, 0.6) is 0 Å². The number of unbranched alkanes of at least 4 members (excludes halogenated alkanes) is 1. The smallest absolute Gasteiger partial charge is 0.320 e. The number of carbonyl (C=O) groups excluding carboxylic acids is 2. The quantitative estimate of drug-likeness (QED) is 0.346. The van der Waals surface area contributed by atoms with Crippen molar-refractivity contribution in [2.24, 2.45) is 0 Å². The molecular weight excluding hydrogens is 464 g/mol. The maximum Gasteiger partial charge on any atom is 0.320 e. The number of hydrogen-bond acceptors (Lipinski definition) is 5. The fourth-order valence-electron chi connectivity index (χ4n) is 4.20. The number of fused-ring (bicyclic) bond motifs is 1. The Kier molecular flexibility index (Phi) is 9.58. The van der Waals surface area contributed by atoms with E-state index in [9.17, 15) is 9.59 Å². The van der Waals surface area contributed by atoms with E-state index in [2.05, 4.69) is 34.4 Å². The van der Waals surface area contributed by atoms with Crippen LogP contribution >= 0.6 is 0 Å². The number of anilines is 2. The second-order valence-corrected chi connectivity index (χ2v) is 10.2. The van der Waals surface area contributed by atoms with Crippen LogP contribution in [0.25, 0.3) is 22.0 Å². The van der Waals surface area contributed by atoms with Gasteiger partial charge in [-0.05, 0) is 64.9 Å². The molecule has 0 unspecified atom stereocenters. The van der Waals surface area contributed by atoms with Gasteiger partial charge in [0.25, 0.3) is 0 Å². The molecule has 8 nitrogen and oxygen atoms in total. The predicted molar refractivity (Wildman–Crippen MR) is 152 cm³/mol. The Morgan fingerprint density at radius 3 is 2.27 bits per heavy atom. The second-order valence-electron chi connectivity index (χ2n) is 10.2. The summed E-state index contributed by atoms with van der Waals surface area (Å²) in [7, 11) is 0. The van der Waals surface area contributed by atoms with E-state index in [4.69, 9.17) is 4.98 Å². The predicted octanol–water partition coefficient (Wildman–Crippen LogP) is 5.69. The van der Waals surface area contributed by atoms with Crippen LogP contribution in [0.3, 0.4) is 0 Å². The molecule has 0 aliphatic heterocycles. The minimum atomic E-state index is -0.391. The molecule has 37 heavy (non-hydrogen) atoms. The van der Waals surface area contributed by atoms with E-state index in [-0.39, 0.29) is 11.9 Å². The number of rotatable bonds is 10. The van der Waals surface area contributed by atoms with Gasteiger partial charge in [0.15, 0.2) is 0 Å². The number of pyridine rings is 2. The maximum absolute atomic E-state index is 12.7. The van der Waals surface area contributed by atoms with E-state index < -0.39 is 5.54 Å². The lowest BCUT2D eigenvalue weighted by Gasteiger charge is -2.23. The van der Waals surface area contributed by atoms with Gasteiger partial charge in [0, 0.05) is 42.2 Å². The Balaban J connectivity index is 1.92. The Bertz CT molecular complexity index is 1200. The zero-order valence-electron chi connectivity index (χ0n) is 23.0. The van der Waals surface area contributed by atoms with Gasteiger partial charge in [-0.1, -0.05) is 44.2 Å². The van der Waals surface area contributed by atoms with Crippen LogP contribution in [0.2, 0.25) is 0 Å². The molecule has 8 heteroatoms. The summed E-state index contributed by atoms with van der Waals surface area (Å²) < 4.78 is 0. The molecule has 0 fully saturated rings. The van der Waals surface area contributed by atoms with Gasteiger partial charge in [0.2, 0.25) is 5.91 Å². The van der Waals surface area contributed by atoms with Gasteiger partial charge >= 0.3 is 6.03 Å². The third-order valence-electron chi connectivity index (χ3n) is 6.15. The Morgan fingerprint density at radius 2 is 1.65 bits per heavy atom. The Hall–Kier alpha value is -3.52. The van der Waals surface area contributed by atoms with Crippen molar-refractivity contribution in [2.75, 3.05) is 36.4 Å². The van der Waals surface area contributed by atoms with E-state index in [1.807, 2.05) is 63.2 Å². The molecule has 3 rings (SSSR count). The van der Waals surface area contributed by atoms with Crippen molar-refractivity contribution in [1.82, 2.24) is 20.2 Å². The highest BCUT2D eigenvalue weighted by molar-refractivity contribution is 5.98. The Morgan fingerprint density at radius 1 is 0.973 bits per heavy atom. The summed E-state index contributed by atoms with van der Waals surface area (Å²) in [6.07, 6.45) is 3.64. The normalized spacial score (nSPS) is 11.5. The molecule has 198 valence electrons. The molecule has 0 spiro atoms. The number of benzene rings is 1. The van der Waals surface area contributed by atoms with Crippen molar-refractivity contribution < 1.29 is 9.59 Å². The third kappa shape index (κ3) is 7.98. The molecule has 2 aromatic heterocycles. The Labute approximate surface area is 220 Å². The van der Waals surface area contributed by atoms with Crippen molar-refractivity contribution >= 4 is 34.5 Å². The third-order valence-corrected chi connectivity index (χ3v) is 6.15. The van der Waals surface area contributed by atoms with Gasteiger partial charge in [-0.15, -0.1) is 0 Å². The summed E-state index contributed by atoms with van der Waals surface area (Å²) in [6.45, 7) is 15.3. The van der Waals surface area contributed by atoms with Gasteiger partial charge in [-0.3, -0.25) is 15.0 Å². The number of nitrogens with one attached hydrogen (secondary N) is 2. The van der Waals surface area contributed by atoms with Gasteiger partial charge in [-0.25, -0.2) is 14.8 Å². The average Bonchev–Trinajstić information content (AvgIpc) is 2.85. The van der Waals surface area contributed by atoms with E-state index >= 15 is 0 Å². The van der Waals surface area contributed by atoms with Gasteiger partial charge < -0.3 is 10.2 Å². The largest absolute Gasteiger partial charge is 0.333 e. The molecule has 0 bridgehead atoms. The number of amides is 3. The topological polar surface area (TPSA) is 90.5 Å². The fraction of sp³-hybridized carbons (Fsp3) is 0.448. The minimum Gasteiger partial charge on any atom is -0.333 e. The first-order valence-electron chi connectivity index (χ1n) is 13.1. The lowest BCUT2D eigenvalue weighted by molar-refractivity contribution is -0.116. The average molecular weight is 505 g/mol. The van der Waals surface area contributed by atoms with Crippen LogP contribution in [0.1, 0.15) is 54.4 Å². The lowest BCUT2D eigenvalue weighted by atomic mass is 10.0. The summed E-state index contributed by atoms with van der Waals surface area (Å²) in [6, 6.07) is 13.3. The molecule has 0 aliphatic carbocycles. The van der Waals surface area contributed by atoms with Gasteiger partial charge in [0.05, 0.1) is 5.52 Å². The lowest BCUT2D eigenvalue weighted by Crippen LogP contribution is -2.43. The summed E-state index contributed by atoms with van der Waals surface area (Å²) in [5.41, 5.74) is 2.00. The van der Waals surface area contributed by atoms with E-state index in [0.29, 0.717) is 23.7 Å². The fourth-order valence-corrected chi connectivity index (χ4v) is 4.20. The van der Waals surface area contributed by atoms with E-state index in [1.165, 1.54) is 0 Å². The molecule has 2 N–H and O–H groups in total. The zero-order valence-corrected chi connectivity index (χ0v) is 23.0. The second kappa shape index (κ2) is 12.6. The van der Waals surface area contributed by atoms with Crippen molar-refractivity contribution in [2.45, 2.75) is 59.9 Å². The molecule has 3 amide bonds. The zero-order chi connectivity index (χ0) is 27.0. The maximum atomic E-state index is 12.7. The number of nitrogens with zero attached hydrogens (tertiary/aromatic N) is 4. The number of aromatic nitrogens is 2. The molecule has 2 heterocycles. The molecule has 3 aromatic rings. The highest BCUT2D eigenvalue weighted by Gasteiger charge is 2.19. The van der Waals surface area contributed by atoms with Crippen LogP contribution in [-0.4, -0.2) is 58.5 Å². The first-order chi connectivity index (χ1) is 17.6. The molecular formula is C29H40N6O2. The molecule has 0 saturated heterocycles. The molecule has 0 aliphatic rings. The number of carbonyl (C=O) groups is 2. The van der Waals surface area contributed by atoms with Crippen LogP contribution in [0.4, 0.5) is 16.4 Å². The monoisotopic (exact) mass is 504 g/mol. The molecule has 0 atom stereocenters. The van der Waals surface area contributed by atoms with Crippen LogP contribution in [0.15, 0.2) is 48.7 Å². The van der Waals surface area contributed by atoms with Crippen LogP contribution in [-0.2, 0) is 4.79 Å².